The monoisotopic (exact) mass is 469 g/mol. The lowest BCUT2D eigenvalue weighted by atomic mass is 10.1. The Bertz CT molecular complexity index is 818. The first kappa shape index (κ1) is 27.2. The van der Waals surface area contributed by atoms with Gasteiger partial charge in [-0.1, -0.05) is 30.3 Å². The minimum absolute atomic E-state index is 0.0894. The summed E-state index contributed by atoms with van der Waals surface area (Å²) in [7, 11) is 0. The second kappa shape index (κ2) is 14.2. The number of carboxylic acid groups (broad SMARTS) is 3. The van der Waals surface area contributed by atoms with Crippen molar-refractivity contribution in [2.24, 2.45) is 0 Å². The van der Waals surface area contributed by atoms with Crippen molar-refractivity contribution in [3.05, 3.63) is 35.9 Å². The number of carboxylic acids is 3. The first-order chi connectivity index (χ1) is 15.6. The van der Waals surface area contributed by atoms with E-state index < -0.39 is 55.0 Å². The van der Waals surface area contributed by atoms with Gasteiger partial charge in [0.2, 0.25) is 0 Å². The molecule has 182 valence electrons. The van der Waals surface area contributed by atoms with Gasteiger partial charge in [0.1, 0.15) is 12.6 Å². The summed E-state index contributed by atoms with van der Waals surface area (Å²) in [5.74, 6) is -4.34. The molecule has 13 nitrogen and oxygen atoms in total. The number of urea groups is 1. The number of hydrogen-bond donors (Lipinski definition) is 6. The summed E-state index contributed by atoms with van der Waals surface area (Å²) >= 11 is 0. The van der Waals surface area contributed by atoms with E-state index in [1.807, 2.05) is 11.4 Å². The molecule has 6 N–H and O–H groups in total. The van der Waals surface area contributed by atoms with Gasteiger partial charge in [-0.2, -0.15) is 5.06 Å². The van der Waals surface area contributed by atoms with Crippen LogP contribution in [0, 0.1) is 0 Å². The second-order valence-corrected chi connectivity index (χ2v) is 6.96. The lowest BCUT2D eigenvalue weighted by Crippen LogP contribution is -2.52. The number of aliphatic carboxylic acids is 3. The summed E-state index contributed by atoms with van der Waals surface area (Å²) in [5, 5.41) is 41.1. The Hall–Kier alpha value is -3.87. The fourth-order valence-electron chi connectivity index (χ4n) is 2.66. The highest BCUT2D eigenvalue weighted by molar-refractivity contribution is 5.85. The molecule has 2 atom stereocenters. The van der Waals surface area contributed by atoms with Gasteiger partial charge in [0, 0.05) is 13.0 Å². The molecule has 1 aromatic carbocycles. The van der Waals surface area contributed by atoms with Gasteiger partial charge in [-0.15, -0.1) is 0 Å². The van der Waals surface area contributed by atoms with Crippen LogP contribution in [-0.4, -0.2) is 74.3 Å². The standard InChI is InChI=1S/C20H27N3O10/c24-16(25)10-9-14(17(26)27)22-19(30)23(32)15(18(28)29)8-4-5-11-21-20(31)33-12-13-6-2-1-3-7-13/h1-3,6-7,14-15,32H,4-5,8-12H2,(H,21,31)(H,22,30)(H,24,25)(H,26,27)(H,28,29)/t14-,15?/m0/s1. The van der Waals surface area contributed by atoms with Gasteiger partial charge in [0.25, 0.3) is 0 Å². The largest absolute Gasteiger partial charge is 0.481 e. The number of nitrogens with zero attached hydrogens (tertiary/aromatic N) is 1. The Balaban J connectivity index is 2.41. The number of hydrogen-bond acceptors (Lipinski definition) is 7. The fraction of sp³-hybridized carbons (Fsp3) is 0.450. The number of carbonyl (C=O) groups excluding carboxylic acids is 2. The molecule has 13 heteroatoms. The SMILES string of the molecule is O=C(O)CC[C@H](NC(=O)N(O)C(CCCCNC(=O)OCc1ccccc1)C(=O)O)C(=O)O. The van der Waals surface area contributed by atoms with Crippen LogP contribution in [-0.2, 0) is 25.7 Å². The maximum Gasteiger partial charge on any atom is 0.407 e. The van der Waals surface area contributed by atoms with E-state index in [1.165, 1.54) is 0 Å². The highest BCUT2D eigenvalue weighted by atomic mass is 16.5. The molecule has 0 aliphatic heterocycles. The molecule has 0 aromatic heterocycles. The van der Waals surface area contributed by atoms with E-state index in [9.17, 15) is 34.3 Å². The topological polar surface area (TPSA) is 203 Å². The van der Waals surface area contributed by atoms with Crippen molar-refractivity contribution in [2.75, 3.05) is 6.54 Å². The second-order valence-electron chi connectivity index (χ2n) is 6.96. The number of hydroxylamine groups is 2. The number of unbranched alkanes of at least 4 members (excludes halogenated alkanes) is 1. The van der Waals surface area contributed by atoms with Gasteiger partial charge < -0.3 is 30.7 Å². The number of nitrogens with one attached hydrogen (secondary N) is 2. The van der Waals surface area contributed by atoms with Crippen LogP contribution in [0.25, 0.3) is 0 Å². The van der Waals surface area contributed by atoms with E-state index in [0.29, 0.717) is 6.42 Å². The Morgan fingerprint density at radius 3 is 2.18 bits per heavy atom. The van der Waals surface area contributed by atoms with Crippen molar-refractivity contribution in [2.45, 2.75) is 50.8 Å². The summed E-state index contributed by atoms with van der Waals surface area (Å²) in [6.07, 6.45) is -1.33. The van der Waals surface area contributed by atoms with Crippen LogP contribution in [0.2, 0.25) is 0 Å². The molecule has 0 heterocycles. The van der Waals surface area contributed by atoms with Crippen molar-refractivity contribution >= 4 is 30.0 Å². The van der Waals surface area contributed by atoms with Crippen molar-refractivity contribution in [1.29, 1.82) is 0 Å². The van der Waals surface area contributed by atoms with E-state index in [2.05, 4.69) is 5.32 Å². The van der Waals surface area contributed by atoms with Gasteiger partial charge >= 0.3 is 30.0 Å². The number of carbonyl (C=O) groups is 5. The highest BCUT2D eigenvalue weighted by Crippen LogP contribution is 2.09. The quantitative estimate of drug-likeness (QED) is 0.131. The minimum Gasteiger partial charge on any atom is -0.481 e. The Labute approximate surface area is 188 Å². The molecule has 1 rings (SSSR count). The summed E-state index contributed by atoms with van der Waals surface area (Å²) in [5.41, 5.74) is 0.811. The molecule has 0 aliphatic carbocycles. The first-order valence-electron chi connectivity index (χ1n) is 10.0. The van der Waals surface area contributed by atoms with E-state index in [0.717, 1.165) is 5.56 Å². The van der Waals surface area contributed by atoms with Crippen molar-refractivity contribution in [1.82, 2.24) is 15.7 Å². The Morgan fingerprint density at radius 2 is 1.61 bits per heavy atom. The van der Waals surface area contributed by atoms with Gasteiger partial charge in [-0.05, 0) is 31.2 Å². The molecule has 1 unspecified atom stereocenters. The van der Waals surface area contributed by atoms with E-state index >= 15 is 0 Å². The van der Waals surface area contributed by atoms with Crippen molar-refractivity contribution in [3.8, 4) is 0 Å². The average Bonchev–Trinajstić information content (AvgIpc) is 2.77. The number of rotatable bonds is 14. The van der Waals surface area contributed by atoms with Gasteiger partial charge in [-0.3, -0.25) is 10.0 Å². The predicted molar refractivity (Wildman–Crippen MR) is 110 cm³/mol. The highest BCUT2D eigenvalue weighted by Gasteiger charge is 2.31. The Kier molecular flexibility index (Phi) is 11.7. The zero-order valence-corrected chi connectivity index (χ0v) is 17.7. The number of benzene rings is 1. The van der Waals surface area contributed by atoms with Crippen molar-refractivity contribution in [3.63, 3.8) is 0 Å². The van der Waals surface area contributed by atoms with Crippen molar-refractivity contribution < 1.29 is 49.2 Å². The molecule has 0 saturated carbocycles. The molecular weight excluding hydrogens is 442 g/mol. The number of ether oxygens (including phenoxy) is 1. The molecule has 0 spiro atoms. The molecule has 0 bridgehead atoms. The van der Waals surface area contributed by atoms with Crippen LogP contribution in [0.4, 0.5) is 9.59 Å². The molecule has 0 radical (unpaired) electrons. The Morgan fingerprint density at radius 1 is 0.939 bits per heavy atom. The number of amides is 3. The third-order valence-electron chi connectivity index (χ3n) is 4.42. The zero-order valence-electron chi connectivity index (χ0n) is 17.7. The summed E-state index contributed by atoms with van der Waals surface area (Å²) in [6, 6.07) is 4.34. The zero-order chi connectivity index (χ0) is 24.8. The predicted octanol–water partition coefficient (Wildman–Crippen LogP) is 1.26. The molecule has 33 heavy (non-hydrogen) atoms. The van der Waals surface area contributed by atoms with Crippen LogP contribution in [0.3, 0.4) is 0 Å². The van der Waals surface area contributed by atoms with E-state index in [4.69, 9.17) is 14.9 Å². The summed E-state index contributed by atoms with van der Waals surface area (Å²) in [6.45, 7) is 0.250. The first-order valence-corrected chi connectivity index (χ1v) is 10.0. The van der Waals surface area contributed by atoms with Crippen LogP contribution in [0.1, 0.15) is 37.7 Å². The third-order valence-corrected chi connectivity index (χ3v) is 4.42. The van der Waals surface area contributed by atoms with Crippen LogP contribution in [0.15, 0.2) is 30.3 Å². The third kappa shape index (κ3) is 10.8. The molecule has 3 amide bonds. The van der Waals surface area contributed by atoms with Gasteiger partial charge in [-0.25, -0.2) is 19.2 Å². The summed E-state index contributed by atoms with van der Waals surface area (Å²) < 4.78 is 5.02. The summed E-state index contributed by atoms with van der Waals surface area (Å²) in [4.78, 5) is 56.8. The molecule has 0 fully saturated rings. The lowest BCUT2D eigenvalue weighted by molar-refractivity contribution is -0.157. The average molecular weight is 469 g/mol. The maximum absolute atomic E-state index is 12.0. The molecular formula is C20H27N3O10. The lowest BCUT2D eigenvalue weighted by Gasteiger charge is -2.24. The van der Waals surface area contributed by atoms with Crippen LogP contribution in [0.5, 0.6) is 0 Å². The normalized spacial score (nSPS) is 12.2. The smallest absolute Gasteiger partial charge is 0.407 e. The fourth-order valence-corrected chi connectivity index (χ4v) is 2.66. The van der Waals surface area contributed by atoms with E-state index in [-0.39, 0.29) is 31.1 Å². The van der Waals surface area contributed by atoms with Gasteiger partial charge in [0.15, 0.2) is 6.04 Å². The number of alkyl carbamates (subject to hydrolysis) is 1. The van der Waals surface area contributed by atoms with Crippen LogP contribution < -0.4 is 10.6 Å². The molecule has 1 aromatic rings. The minimum atomic E-state index is -1.68. The van der Waals surface area contributed by atoms with Crippen LogP contribution >= 0.6 is 0 Å². The van der Waals surface area contributed by atoms with E-state index in [1.54, 1.807) is 24.3 Å². The van der Waals surface area contributed by atoms with Gasteiger partial charge in [0.05, 0.1) is 0 Å². The molecule has 0 saturated heterocycles. The maximum atomic E-state index is 12.0. The molecule has 0 aliphatic rings.